The molecule has 1 heterocycles. The minimum atomic E-state index is -4.76. The normalized spacial score (nSPS) is 18.5. The Hall–Kier alpha value is -0.490. The molecule has 0 atom stereocenters. The maximum absolute atomic E-state index is 11.8. The van der Waals surface area contributed by atoms with E-state index in [4.69, 9.17) is 0 Å². The molecule has 1 aliphatic heterocycles. The summed E-state index contributed by atoms with van der Waals surface area (Å²) in [5.74, 6) is -1.83. The van der Waals surface area contributed by atoms with Gasteiger partial charge in [-0.3, -0.25) is 4.79 Å². The Bertz CT molecular complexity index is 192. The summed E-state index contributed by atoms with van der Waals surface area (Å²) in [5.41, 5.74) is 0. The third-order valence-corrected chi connectivity index (χ3v) is 1.93. The van der Waals surface area contributed by atoms with Crippen LogP contribution in [0, 0.1) is 0 Å². The molecule has 1 saturated heterocycles. The van der Waals surface area contributed by atoms with Gasteiger partial charge in [-0.05, 0) is 25.9 Å². The minimum absolute atomic E-state index is 0. The van der Waals surface area contributed by atoms with Gasteiger partial charge in [0, 0.05) is 6.04 Å². The van der Waals surface area contributed by atoms with Gasteiger partial charge in [0.1, 0.15) is 0 Å². The Morgan fingerprint density at radius 1 is 1.29 bits per heavy atom. The van der Waals surface area contributed by atoms with E-state index in [-0.39, 0.29) is 18.4 Å². The first-order valence-corrected chi connectivity index (χ1v) is 4.08. The number of carbonyl (C=O) groups excluding carboxylic acids is 1. The van der Waals surface area contributed by atoms with Crippen LogP contribution in [0.4, 0.5) is 13.2 Å². The highest BCUT2D eigenvalue weighted by Crippen LogP contribution is 2.15. The highest BCUT2D eigenvalue weighted by atomic mass is 35.5. The Labute approximate surface area is 85.8 Å². The lowest BCUT2D eigenvalue weighted by atomic mass is 10.1. The number of amides is 1. The Kier molecular flexibility index (Phi) is 5.22. The van der Waals surface area contributed by atoms with Crippen molar-refractivity contribution < 1.29 is 18.0 Å². The third kappa shape index (κ3) is 4.15. The predicted octanol–water partition coefficient (Wildman–Crippen LogP) is 0.839. The molecule has 1 aliphatic rings. The zero-order valence-electron chi connectivity index (χ0n) is 7.36. The van der Waals surface area contributed by atoms with Crippen molar-refractivity contribution in [2.75, 3.05) is 13.1 Å². The first-order valence-electron chi connectivity index (χ1n) is 4.08. The van der Waals surface area contributed by atoms with Crippen LogP contribution in [-0.4, -0.2) is 31.2 Å². The predicted molar refractivity (Wildman–Crippen MR) is 47.3 cm³/mol. The minimum Gasteiger partial charge on any atom is -0.345 e. The molecule has 3 nitrogen and oxygen atoms in total. The highest BCUT2D eigenvalue weighted by Gasteiger charge is 2.39. The molecule has 0 saturated carbocycles. The number of rotatable bonds is 1. The molecule has 0 spiro atoms. The van der Waals surface area contributed by atoms with Crippen molar-refractivity contribution in [3.05, 3.63) is 0 Å². The molecule has 84 valence electrons. The van der Waals surface area contributed by atoms with E-state index in [1.54, 1.807) is 0 Å². The van der Waals surface area contributed by atoms with E-state index < -0.39 is 12.1 Å². The first-order chi connectivity index (χ1) is 6.00. The molecular weight excluding hydrogens is 221 g/mol. The second-order valence-electron chi connectivity index (χ2n) is 3.00. The molecule has 14 heavy (non-hydrogen) atoms. The second kappa shape index (κ2) is 5.41. The lowest BCUT2D eigenvalue weighted by Crippen LogP contribution is -2.47. The summed E-state index contributed by atoms with van der Waals surface area (Å²) < 4.78 is 35.3. The van der Waals surface area contributed by atoms with Crippen LogP contribution in [0.5, 0.6) is 0 Å². The van der Waals surface area contributed by atoms with Crippen LogP contribution in [-0.2, 0) is 4.79 Å². The molecule has 0 unspecified atom stereocenters. The smallest absolute Gasteiger partial charge is 0.345 e. The van der Waals surface area contributed by atoms with Crippen molar-refractivity contribution >= 4 is 18.3 Å². The zero-order chi connectivity index (χ0) is 9.90. The van der Waals surface area contributed by atoms with Crippen molar-refractivity contribution in [1.29, 1.82) is 0 Å². The lowest BCUT2D eigenvalue weighted by molar-refractivity contribution is -0.174. The second-order valence-corrected chi connectivity index (χ2v) is 3.00. The Balaban J connectivity index is 0.00000169. The topological polar surface area (TPSA) is 41.1 Å². The lowest BCUT2D eigenvalue weighted by Gasteiger charge is -2.23. The van der Waals surface area contributed by atoms with Crippen LogP contribution in [0.25, 0.3) is 0 Å². The van der Waals surface area contributed by atoms with Gasteiger partial charge >= 0.3 is 12.1 Å². The van der Waals surface area contributed by atoms with E-state index in [9.17, 15) is 18.0 Å². The zero-order valence-corrected chi connectivity index (χ0v) is 8.17. The van der Waals surface area contributed by atoms with Crippen molar-refractivity contribution in [2.24, 2.45) is 0 Å². The van der Waals surface area contributed by atoms with Crippen molar-refractivity contribution in [2.45, 2.75) is 25.1 Å². The quantitative estimate of drug-likeness (QED) is 0.704. The molecule has 0 bridgehead atoms. The van der Waals surface area contributed by atoms with E-state index in [0.29, 0.717) is 25.9 Å². The fraction of sp³-hybridized carbons (Fsp3) is 0.857. The van der Waals surface area contributed by atoms with E-state index in [2.05, 4.69) is 5.32 Å². The molecule has 1 rings (SSSR count). The molecule has 0 aromatic heterocycles. The molecule has 0 aromatic rings. The number of hydrogen-bond acceptors (Lipinski definition) is 2. The maximum Gasteiger partial charge on any atom is 0.471 e. The largest absolute Gasteiger partial charge is 0.471 e. The van der Waals surface area contributed by atoms with Gasteiger partial charge in [0.2, 0.25) is 0 Å². The van der Waals surface area contributed by atoms with Gasteiger partial charge in [0.15, 0.2) is 0 Å². The number of nitrogens with one attached hydrogen (secondary N) is 2. The molecule has 7 heteroatoms. The Morgan fingerprint density at radius 2 is 1.79 bits per heavy atom. The van der Waals surface area contributed by atoms with Gasteiger partial charge in [-0.1, -0.05) is 0 Å². The summed E-state index contributed by atoms with van der Waals surface area (Å²) in [7, 11) is 0. The van der Waals surface area contributed by atoms with Gasteiger partial charge < -0.3 is 10.6 Å². The summed E-state index contributed by atoms with van der Waals surface area (Å²) in [6.07, 6.45) is -3.64. The molecule has 1 amide bonds. The van der Waals surface area contributed by atoms with Gasteiger partial charge in [-0.2, -0.15) is 13.2 Å². The molecule has 2 N–H and O–H groups in total. The number of piperidine rings is 1. The van der Waals surface area contributed by atoms with Crippen LogP contribution < -0.4 is 10.6 Å². The van der Waals surface area contributed by atoms with Crippen LogP contribution in [0.2, 0.25) is 0 Å². The number of hydrogen-bond donors (Lipinski definition) is 2. The number of halogens is 4. The average Bonchev–Trinajstić information content (AvgIpc) is 2.04. The van der Waals surface area contributed by atoms with E-state index in [1.165, 1.54) is 0 Å². The summed E-state index contributed by atoms with van der Waals surface area (Å²) >= 11 is 0. The van der Waals surface area contributed by atoms with Gasteiger partial charge in [0.05, 0.1) is 0 Å². The number of alkyl halides is 3. The summed E-state index contributed by atoms with van der Waals surface area (Å²) in [4.78, 5) is 10.5. The van der Waals surface area contributed by atoms with Crippen LogP contribution in [0.3, 0.4) is 0 Å². The Morgan fingerprint density at radius 3 is 2.21 bits per heavy atom. The fourth-order valence-corrected chi connectivity index (χ4v) is 1.23. The van der Waals surface area contributed by atoms with Crippen LogP contribution in [0.15, 0.2) is 0 Å². The van der Waals surface area contributed by atoms with Crippen LogP contribution in [0.1, 0.15) is 12.8 Å². The number of carbonyl (C=O) groups is 1. The molecular formula is C7H12ClF3N2O. The van der Waals surface area contributed by atoms with Gasteiger partial charge in [-0.25, -0.2) is 0 Å². The molecule has 0 aliphatic carbocycles. The van der Waals surface area contributed by atoms with Gasteiger partial charge in [0.25, 0.3) is 0 Å². The third-order valence-electron chi connectivity index (χ3n) is 1.93. The molecule has 0 radical (unpaired) electrons. The van der Waals surface area contributed by atoms with E-state index in [1.807, 2.05) is 5.32 Å². The van der Waals surface area contributed by atoms with E-state index in [0.717, 1.165) is 0 Å². The summed E-state index contributed by atoms with van der Waals surface area (Å²) in [5, 5.41) is 4.95. The highest BCUT2D eigenvalue weighted by molar-refractivity contribution is 5.85. The molecule has 1 fully saturated rings. The van der Waals surface area contributed by atoms with E-state index >= 15 is 0 Å². The SMILES string of the molecule is Cl.O=C(NC1CCNCC1)C(F)(F)F. The monoisotopic (exact) mass is 232 g/mol. The fourth-order valence-electron chi connectivity index (χ4n) is 1.23. The van der Waals surface area contributed by atoms with Crippen LogP contribution >= 0.6 is 12.4 Å². The summed E-state index contributed by atoms with van der Waals surface area (Å²) in [6.45, 7) is 1.31. The summed E-state index contributed by atoms with van der Waals surface area (Å²) in [6, 6.07) is -0.338. The standard InChI is InChI=1S/C7H11F3N2O.ClH/c8-7(9,10)6(13)12-5-1-3-11-4-2-5;/h5,11H,1-4H2,(H,12,13);1H. The first kappa shape index (κ1) is 13.5. The maximum atomic E-state index is 11.8. The molecule has 0 aromatic carbocycles. The average molecular weight is 233 g/mol. The van der Waals surface area contributed by atoms with Crippen molar-refractivity contribution in [1.82, 2.24) is 10.6 Å². The van der Waals surface area contributed by atoms with Crippen molar-refractivity contribution in [3.63, 3.8) is 0 Å². The van der Waals surface area contributed by atoms with Gasteiger partial charge in [-0.15, -0.1) is 12.4 Å². The van der Waals surface area contributed by atoms with Crippen molar-refractivity contribution in [3.8, 4) is 0 Å².